The molecule has 0 saturated carbocycles. The summed E-state index contributed by atoms with van der Waals surface area (Å²) in [7, 11) is 0. The van der Waals surface area contributed by atoms with Gasteiger partial charge >= 0.3 is 0 Å². The maximum Gasteiger partial charge on any atom is 0.227 e. The molecule has 5 nitrogen and oxygen atoms in total. The smallest absolute Gasteiger partial charge is 0.227 e. The molecule has 1 aliphatic heterocycles. The van der Waals surface area contributed by atoms with E-state index in [9.17, 15) is 14.0 Å². The van der Waals surface area contributed by atoms with Gasteiger partial charge in [-0.2, -0.15) is 0 Å². The summed E-state index contributed by atoms with van der Waals surface area (Å²) in [5.74, 6) is -0.0707. The lowest BCUT2D eigenvalue weighted by Crippen LogP contribution is -2.34. The Morgan fingerprint density at radius 3 is 2.56 bits per heavy atom. The number of hydrogen-bond donors (Lipinski definition) is 1. The average molecular weight is 370 g/mol. The van der Waals surface area contributed by atoms with Gasteiger partial charge in [-0.1, -0.05) is 12.1 Å². The van der Waals surface area contributed by atoms with Crippen LogP contribution in [0.3, 0.4) is 0 Å². The third-order valence-electron chi connectivity index (χ3n) is 4.58. The Labute approximate surface area is 158 Å². The van der Waals surface area contributed by atoms with Gasteiger partial charge in [0.05, 0.1) is 12.5 Å². The summed E-state index contributed by atoms with van der Waals surface area (Å²) >= 11 is 0. The van der Waals surface area contributed by atoms with E-state index >= 15 is 0 Å². The molecule has 0 aromatic heterocycles. The molecular weight excluding hydrogens is 347 g/mol. The summed E-state index contributed by atoms with van der Waals surface area (Å²) in [5.41, 5.74) is 1.72. The second-order valence-electron chi connectivity index (χ2n) is 6.50. The van der Waals surface area contributed by atoms with Gasteiger partial charge in [-0.05, 0) is 55.3 Å². The van der Waals surface area contributed by atoms with Crippen molar-refractivity contribution in [1.29, 1.82) is 0 Å². The van der Waals surface area contributed by atoms with Crippen molar-refractivity contribution in [2.24, 2.45) is 5.92 Å². The molecule has 0 unspecified atom stereocenters. The first kappa shape index (κ1) is 18.9. The van der Waals surface area contributed by atoms with Crippen molar-refractivity contribution in [1.82, 2.24) is 5.32 Å². The first-order valence-electron chi connectivity index (χ1n) is 9.12. The molecule has 142 valence electrons. The number of carbonyl (C=O) groups is 2. The molecule has 1 atom stereocenters. The molecule has 27 heavy (non-hydrogen) atoms. The summed E-state index contributed by atoms with van der Waals surface area (Å²) in [5, 5.41) is 2.87. The van der Waals surface area contributed by atoms with Crippen LogP contribution in [0.5, 0.6) is 5.75 Å². The van der Waals surface area contributed by atoms with Crippen LogP contribution in [0.15, 0.2) is 48.5 Å². The average Bonchev–Trinajstić information content (AvgIpc) is 3.06. The van der Waals surface area contributed by atoms with Crippen LogP contribution in [0.1, 0.15) is 18.9 Å². The zero-order valence-corrected chi connectivity index (χ0v) is 15.3. The fourth-order valence-electron chi connectivity index (χ4n) is 3.15. The lowest BCUT2D eigenvalue weighted by Gasteiger charge is -2.17. The van der Waals surface area contributed by atoms with E-state index in [4.69, 9.17) is 4.74 Å². The number of benzene rings is 2. The van der Waals surface area contributed by atoms with Gasteiger partial charge in [0.25, 0.3) is 0 Å². The minimum atomic E-state index is -0.364. The number of carbonyl (C=O) groups excluding carboxylic acids is 2. The molecule has 2 amide bonds. The number of nitrogens with zero attached hydrogens (tertiary/aromatic N) is 1. The zero-order chi connectivity index (χ0) is 19.2. The van der Waals surface area contributed by atoms with Crippen LogP contribution < -0.4 is 15.0 Å². The molecule has 2 aromatic carbocycles. The molecule has 0 radical (unpaired) electrons. The summed E-state index contributed by atoms with van der Waals surface area (Å²) in [4.78, 5) is 26.3. The van der Waals surface area contributed by atoms with Crippen molar-refractivity contribution in [3.8, 4) is 5.75 Å². The molecule has 1 N–H and O–H groups in total. The van der Waals surface area contributed by atoms with Crippen LogP contribution in [0.4, 0.5) is 10.1 Å². The second kappa shape index (κ2) is 8.66. The number of anilines is 1. The van der Waals surface area contributed by atoms with Gasteiger partial charge in [-0.3, -0.25) is 9.59 Å². The number of ether oxygens (including phenoxy) is 1. The maximum absolute atomic E-state index is 12.9. The van der Waals surface area contributed by atoms with Gasteiger partial charge in [-0.25, -0.2) is 4.39 Å². The minimum absolute atomic E-state index is 0.0576. The van der Waals surface area contributed by atoms with Crippen molar-refractivity contribution in [3.63, 3.8) is 0 Å². The minimum Gasteiger partial charge on any atom is -0.494 e. The molecule has 1 fully saturated rings. The highest BCUT2D eigenvalue weighted by Gasteiger charge is 2.34. The Morgan fingerprint density at radius 2 is 1.89 bits per heavy atom. The fraction of sp³-hybridized carbons (Fsp3) is 0.333. The van der Waals surface area contributed by atoms with Crippen molar-refractivity contribution in [2.75, 3.05) is 24.6 Å². The molecule has 1 saturated heterocycles. The van der Waals surface area contributed by atoms with E-state index in [1.54, 1.807) is 17.0 Å². The molecule has 0 bridgehead atoms. The van der Waals surface area contributed by atoms with E-state index in [1.807, 2.05) is 31.2 Å². The monoisotopic (exact) mass is 370 g/mol. The predicted octanol–water partition coefficient (Wildman–Crippen LogP) is 2.94. The Morgan fingerprint density at radius 1 is 1.19 bits per heavy atom. The standard InChI is InChI=1S/C21H23FN2O3/c1-2-27-19-9-7-18(8-10-19)24-14-16(13-20(24)25)21(26)23-12-11-15-3-5-17(22)6-4-15/h3-10,16H,2,11-14H2,1H3,(H,23,26)/t16-/m0/s1. The van der Waals surface area contributed by atoms with Crippen LogP contribution in [0.2, 0.25) is 0 Å². The summed E-state index contributed by atoms with van der Waals surface area (Å²) < 4.78 is 18.3. The van der Waals surface area contributed by atoms with E-state index in [1.165, 1.54) is 12.1 Å². The first-order chi connectivity index (χ1) is 13.1. The molecule has 1 aliphatic rings. The van der Waals surface area contributed by atoms with Crippen molar-refractivity contribution in [3.05, 3.63) is 59.9 Å². The number of rotatable bonds is 7. The third-order valence-corrected chi connectivity index (χ3v) is 4.58. The van der Waals surface area contributed by atoms with Crippen LogP contribution in [-0.2, 0) is 16.0 Å². The van der Waals surface area contributed by atoms with Gasteiger partial charge in [0, 0.05) is 25.2 Å². The van der Waals surface area contributed by atoms with Crippen molar-refractivity contribution >= 4 is 17.5 Å². The lowest BCUT2D eigenvalue weighted by atomic mass is 10.1. The Hall–Kier alpha value is -2.89. The Kier molecular flexibility index (Phi) is 6.06. The van der Waals surface area contributed by atoms with Gasteiger partial charge in [-0.15, -0.1) is 0 Å². The highest BCUT2D eigenvalue weighted by atomic mass is 19.1. The lowest BCUT2D eigenvalue weighted by molar-refractivity contribution is -0.126. The molecule has 2 aromatic rings. The van der Waals surface area contributed by atoms with E-state index < -0.39 is 0 Å². The van der Waals surface area contributed by atoms with Gasteiger partial charge in [0.1, 0.15) is 11.6 Å². The topological polar surface area (TPSA) is 58.6 Å². The molecular formula is C21H23FN2O3. The van der Waals surface area contributed by atoms with Crippen LogP contribution in [-0.4, -0.2) is 31.5 Å². The maximum atomic E-state index is 12.9. The van der Waals surface area contributed by atoms with E-state index in [2.05, 4.69) is 5.32 Å². The SMILES string of the molecule is CCOc1ccc(N2C[C@@H](C(=O)NCCc3ccc(F)cc3)CC2=O)cc1. The zero-order valence-electron chi connectivity index (χ0n) is 15.3. The predicted molar refractivity (Wildman–Crippen MR) is 101 cm³/mol. The van der Waals surface area contributed by atoms with E-state index in [0.717, 1.165) is 17.0 Å². The third kappa shape index (κ3) is 4.84. The highest BCUT2D eigenvalue weighted by Crippen LogP contribution is 2.27. The van der Waals surface area contributed by atoms with Gasteiger partial charge < -0.3 is 15.0 Å². The molecule has 3 rings (SSSR count). The summed E-state index contributed by atoms with van der Waals surface area (Å²) in [6, 6.07) is 13.5. The molecule has 0 aliphatic carbocycles. The van der Waals surface area contributed by atoms with Crippen LogP contribution >= 0.6 is 0 Å². The summed E-state index contributed by atoms with van der Waals surface area (Å²) in [6.45, 7) is 3.33. The largest absolute Gasteiger partial charge is 0.494 e. The Balaban J connectivity index is 1.51. The van der Waals surface area contributed by atoms with Crippen molar-refractivity contribution in [2.45, 2.75) is 19.8 Å². The van der Waals surface area contributed by atoms with Gasteiger partial charge in [0.15, 0.2) is 0 Å². The van der Waals surface area contributed by atoms with E-state index in [-0.39, 0.29) is 30.0 Å². The number of amides is 2. The van der Waals surface area contributed by atoms with Crippen LogP contribution in [0.25, 0.3) is 0 Å². The molecule has 0 spiro atoms. The fourth-order valence-corrected chi connectivity index (χ4v) is 3.15. The number of halogens is 1. The summed E-state index contributed by atoms with van der Waals surface area (Å²) in [6.07, 6.45) is 0.824. The highest BCUT2D eigenvalue weighted by molar-refractivity contribution is 6.00. The first-order valence-corrected chi connectivity index (χ1v) is 9.12. The van der Waals surface area contributed by atoms with Crippen LogP contribution in [0, 0.1) is 11.7 Å². The Bertz CT molecular complexity index is 790. The van der Waals surface area contributed by atoms with Gasteiger partial charge in [0.2, 0.25) is 11.8 Å². The van der Waals surface area contributed by atoms with E-state index in [0.29, 0.717) is 26.1 Å². The number of hydrogen-bond acceptors (Lipinski definition) is 3. The second-order valence-corrected chi connectivity index (χ2v) is 6.50. The number of nitrogens with one attached hydrogen (secondary N) is 1. The quantitative estimate of drug-likeness (QED) is 0.815. The molecule has 1 heterocycles. The molecule has 6 heteroatoms. The van der Waals surface area contributed by atoms with Crippen molar-refractivity contribution < 1.29 is 18.7 Å². The normalized spacial score (nSPS) is 16.4.